The summed E-state index contributed by atoms with van der Waals surface area (Å²) in [6, 6.07) is 14.8. The van der Waals surface area contributed by atoms with Crippen molar-refractivity contribution in [2.45, 2.75) is 48.8 Å². The van der Waals surface area contributed by atoms with Gasteiger partial charge in [0.1, 0.15) is 5.82 Å². The van der Waals surface area contributed by atoms with E-state index in [1.165, 1.54) is 16.4 Å². The molecule has 1 N–H and O–H groups in total. The number of rotatable bonds is 6. The first-order chi connectivity index (χ1) is 14.9. The molecule has 1 aliphatic heterocycles. The Kier molecular flexibility index (Phi) is 6.44. The topological polar surface area (TPSA) is 66.5 Å². The number of piperidine rings is 1. The third-order valence-electron chi connectivity index (χ3n) is 6.79. The van der Waals surface area contributed by atoms with Crippen LogP contribution in [-0.2, 0) is 20.2 Å². The van der Waals surface area contributed by atoms with Crippen molar-refractivity contribution < 1.29 is 17.6 Å². The maximum atomic E-state index is 13.4. The summed E-state index contributed by atoms with van der Waals surface area (Å²) >= 11 is 0. The summed E-state index contributed by atoms with van der Waals surface area (Å²) < 4.78 is 40.5. The van der Waals surface area contributed by atoms with Crippen LogP contribution in [0.1, 0.15) is 44.1 Å². The largest absolute Gasteiger partial charge is 0.355 e. The van der Waals surface area contributed by atoms with Gasteiger partial charge in [-0.05, 0) is 61.4 Å². The lowest BCUT2D eigenvalue weighted by atomic mass is 9.78. The number of benzene rings is 2. The molecule has 2 aliphatic rings. The summed E-state index contributed by atoms with van der Waals surface area (Å²) in [5.41, 5.74) is 0.304. The molecule has 7 heteroatoms. The molecule has 4 rings (SSSR count). The highest BCUT2D eigenvalue weighted by Gasteiger charge is 2.42. The first kappa shape index (κ1) is 22.0. The molecule has 0 atom stereocenters. The number of amides is 1. The zero-order valence-electron chi connectivity index (χ0n) is 17.6. The molecule has 0 bridgehead atoms. The summed E-state index contributed by atoms with van der Waals surface area (Å²) in [5, 5.41) is 3.13. The molecule has 166 valence electrons. The van der Waals surface area contributed by atoms with Crippen LogP contribution in [0.25, 0.3) is 0 Å². The van der Waals surface area contributed by atoms with Gasteiger partial charge >= 0.3 is 0 Å². The Morgan fingerprint density at radius 2 is 1.61 bits per heavy atom. The SMILES string of the molecule is O=C(NCC1CCN(S(=O)(=O)c2ccccc2)CC1)C1(c2ccc(F)cc2)CCCC1. The van der Waals surface area contributed by atoms with Crippen LogP contribution >= 0.6 is 0 Å². The van der Waals surface area contributed by atoms with E-state index in [0.29, 0.717) is 24.5 Å². The Bertz CT molecular complexity index is 995. The number of carbonyl (C=O) groups excluding carboxylic acids is 1. The van der Waals surface area contributed by atoms with Crippen molar-refractivity contribution in [1.29, 1.82) is 0 Å². The van der Waals surface area contributed by atoms with Gasteiger partial charge in [0.05, 0.1) is 10.3 Å². The normalized spacial score (nSPS) is 19.9. The number of carbonyl (C=O) groups is 1. The van der Waals surface area contributed by atoms with Gasteiger partial charge < -0.3 is 5.32 Å². The van der Waals surface area contributed by atoms with Gasteiger partial charge in [0.25, 0.3) is 0 Å². The monoisotopic (exact) mass is 444 g/mol. The fourth-order valence-corrected chi connectivity index (χ4v) is 6.39. The fraction of sp³-hybridized carbons (Fsp3) is 0.458. The van der Waals surface area contributed by atoms with E-state index < -0.39 is 15.4 Å². The Hall–Kier alpha value is -2.25. The van der Waals surface area contributed by atoms with E-state index in [4.69, 9.17) is 0 Å². The first-order valence-electron chi connectivity index (χ1n) is 11.0. The minimum absolute atomic E-state index is 0.0101. The van der Waals surface area contributed by atoms with Crippen molar-refractivity contribution in [3.05, 3.63) is 66.0 Å². The molecule has 5 nitrogen and oxygen atoms in total. The molecule has 0 spiro atoms. The quantitative estimate of drug-likeness (QED) is 0.736. The van der Waals surface area contributed by atoms with Gasteiger partial charge in [-0.3, -0.25) is 4.79 Å². The second-order valence-corrected chi connectivity index (χ2v) is 10.6. The number of hydrogen-bond acceptors (Lipinski definition) is 3. The smallest absolute Gasteiger partial charge is 0.243 e. The van der Waals surface area contributed by atoms with Crippen LogP contribution in [0.3, 0.4) is 0 Å². The number of halogens is 1. The summed E-state index contributed by atoms with van der Waals surface area (Å²) in [5.74, 6) is -0.0386. The summed E-state index contributed by atoms with van der Waals surface area (Å²) in [6.07, 6.45) is 4.96. The zero-order valence-corrected chi connectivity index (χ0v) is 18.4. The van der Waals surface area contributed by atoms with Crippen molar-refractivity contribution in [2.24, 2.45) is 5.92 Å². The third kappa shape index (κ3) is 4.53. The molecule has 0 unspecified atom stereocenters. The maximum Gasteiger partial charge on any atom is 0.243 e. The highest BCUT2D eigenvalue weighted by Crippen LogP contribution is 2.41. The maximum absolute atomic E-state index is 13.4. The van der Waals surface area contributed by atoms with Gasteiger partial charge in [-0.15, -0.1) is 0 Å². The highest BCUT2D eigenvalue weighted by atomic mass is 32.2. The van der Waals surface area contributed by atoms with Crippen LogP contribution in [-0.4, -0.2) is 38.3 Å². The average molecular weight is 445 g/mol. The lowest BCUT2D eigenvalue weighted by molar-refractivity contribution is -0.126. The Morgan fingerprint density at radius 3 is 2.23 bits per heavy atom. The minimum Gasteiger partial charge on any atom is -0.355 e. The van der Waals surface area contributed by atoms with Gasteiger partial charge in [0.15, 0.2) is 0 Å². The number of sulfonamides is 1. The van der Waals surface area contributed by atoms with Gasteiger partial charge in [0.2, 0.25) is 15.9 Å². The molecule has 1 heterocycles. The molecule has 2 aromatic carbocycles. The standard InChI is InChI=1S/C24H29FN2O3S/c25-21-10-8-20(9-11-21)24(14-4-5-15-24)23(28)26-18-19-12-16-27(17-13-19)31(29,30)22-6-2-1-3-7-22/h1-3,6-11,19H,4-5,12-18H2,(H,26,28). The predicted octanol–water partition coefficient (Wildman–Crippen LogP) is 3.85. The molecular formula is C24H29FN2O3S. The van der Waals surface area contributed by atoms with Crippen molar-refractivity contribution in [3.63, 3.8) is 0 Å². The van der Waals surface area contributed by atoms with Crippen LogP contribution in [0.5, 0.6) is 0 Å². The second-order valence-electron chi connectivity index (χ2n) is 8.67. The Morgan fingerprint density at radius 1 is 1.00 bits per heavy atom. The lowest BCUT2D eigenvalue weighted by Crippen LogP contribution is -2.46. The number of nitrogens with zero attached hydrogens (tertiary/aromatic N) is 1. The molecule has 0 radical (unpaired) electrons. The summed E-state index contributed by atoms with van der Waals surface area (Å²) in [4.78, 5) is 13.5. The number of nitrogens with one attached hydrogen (secondary N) is 1. The molecular weight excluding hydrogens is 415 g/mol. The third-order valence-corrected chi connectivity index (χ3v) is 8.71. The van der Waals surface area contributed by atoms with Gasteiger partial charge in [-0.25, -0.2) is 12.8 Å². The highest BCUT2D eigenvalue weighted by molar-refractivity contribution is 7.89. The van der Waals surface area contributed by atoms with E-state index in [1.54, 1.807) is 42.5 Å². The van der Waals surface area contributed by atoms with Crippen LogP contribution in [0, 0.1) is 11.7 Å². The van der Waals surface area contributed by atoms with Crippen molar-refractivity contribution >= 4 is 15.9 Å². The first-order valence-corrected chi connectivity index (χ1v) is 12.5. The summed E-state index contributed by atoms with van der Waals surface area (Å²) in [6.45, 7) is 1.46. The summed E-state index contributed by atoms with van der Waals surface area (Å²) in [7, 11) is -3.46. The van der Waals surface area contributed by atoms with E-state index in [2.05, 4.69) is 5.32 Å². The van der Waals surface area contributed by atoms with Gasteiger partial charge in [-0.1, -0.05) is 43.2 Å². The van der Waals surface area contributed by atoms with Gasteiger partial charge in [-0.2, -0.15) is 4.31 Å². The van der Waals surface area contributed by atoms with E-state index in [1.807, 2.05) is 0 Å². The van der Waals surface area contributed by atoms with Crippen molar-refractivity contribution in [2.75, 3.05) is 19.6 Å². The Balaban J connectivity index is 1.35. The molecule has 1 saturated carbocycles. The molecule has 2 aromatic rings. The van der Waals surface area contributed by atoms with Crippen molar-refractivity contribution in [1.82, 2.24) is 9.62 Å². The Labute approximate surface area is 183 Å². The van der Waals surface area contributed by atoms with Crippen LogP contribution in [0.4, 0.5) is 4.39 Å². The number of hydrogen-bond donors (Lipinski definition) is 1. The molecule has 1 aliphatic carbocycles. The van der Waals surface area contributed by atoms with E-state index in [-0.39, 0.29) is 17.6 Å². The molecule has 0 aromatic heterocycles. The lowest BCUT2D eigenvalue weighted by Gasteiger charge is -2.33. The van der Waals surface area contributed by atoms with E-state index in [9.17, 15) is 17.6 Å². The molecule has 1 amide bonds. The van der Waals surface area contributed by atoms with Crippen LogP contribution in [0.15, 0.2) is 59.5 Å². The molecule has 1 saturated heterocycles. The fourth-order valence-electron chi connectivity index (χ4n) is 4.90. The second kappa shape index (κ2) is 9.09. The average Bonchev–Trinajstić information content (AvgIpc) is 3.30. The van der Waals surface area contributed by atoms with Crippen LogP contribution < -0.4 is 5.32 Å². The molecule has 31 heavy (non-hydrogen) atoms. The van der Waals surface area contributed by atoms with E-state index >= 15 is 0 Å². The van der Waals surface area contributed by atoms with E-state index in [0.717, 1.165) is 44.1 Å². The van der Waals surface area contributed by atoms with Crippen molar-refractivity contribution in [3.8, 4) is 0 Å². The molecule has 2 fully saturated rings. The minimum atomic E-state index is -3.46. The predicted molar refractivity (Wildman–Crippen MR) is 117 cm³/mol. The zero-order chi connectivity index (χ0) is 21.9. The van der Waals surface area contributed by atoms with Crippen LogP contribution in [0.2, 0.25) is 0 Å². The van der Waals surface area contributed by atoms with Gasteiger partial charge in [0, 0.05) is 19.6 Å².